The standard InChI is InChI=1S/C36H26N2/c37-33-18-7-8-19-34(33)38-26-22-20-25(21-23-26)35-29-13-3-5-15-31(29)36(32-16-6-4-14-30(32)35)28-17-9-11-24-10-1-2-12-27(24)28/h1-23,38H,37H2. The van der Waals surface area contributed by atoms with E-state index in [-0.39, 0.29) is 0 Å². The molecule has 7 rings (SSSR count). The topological polar surface area (TPSA) is 38.0 Å². The van der Waals surface area contributed by atoms with Crippen molar-refractivity contribution in [3.05, 3.63) is 140 Å². The number of nitrogens with two attached hydrogens (primary N) is 1. The van der Waals surface area contributed by atoms with Crippen molar-refractivity contribution in [2.75, 3.05) is 11.1 Å². The predicted octanol–water partition coefficient (Wildman–Crippen LogP) is 9.81. The van der Waals surface area contributed by atoms with Crippen molar-refractivity contribution < 1.29 is 0 Å². The van der Waals surface area contributed by atoms with E-state index in [2.05, 4.69) is 121 Å². The van der Waals surface area contributed by atoms with Gasteiger partial charge in [-0.2, -0.15) is 0 Å². The molecule has 0 aromatic heterocycles. The third-order valence-electron chi connectivity index (χ3n) is 7.40. The Morgan fingerprint density at radius 2 is 0.947 bits per heavy atom. The van der Waals surface area contributed by atoms with Gasteiger partial charge in [-0.1, -0.05) is 115 Å². The molecule has 0 aliphatic rings. The highest BCUT2D eigenvalue weighted by Crippen LogP contribution is 2.45. The number of rotatable bonds is 4. The maximum atomic E-state index is 6.15. The minimum Gasteiger partial charge on any atom is -0.397 e. The second-order valence-corrected chi connectivity index (χ2v) is 9.66. The van der Waals surface area contributed by atoms with Gasteiger partial charge in [0.1, 0.15) is 0 Å². The number of anilines is 3. The SMILES string of the molecule is Nc1ccccc1Nc1ccc(-c2c3ccccc3c(-c3cccc4ccccc34)c3ccccc23)cc1. The van der Waals surface area contributed by atoms with E-state index < -0.39 is 0 Å². The maximum absolute atomic E-state index is 6.15. The first-order valence-electron chi connectivity index (χ1n) is 12.9. The van der Waals surface area contributed by atoms with Gasteiger partial charge in [0, 0.05) is 5.69 Å². The van der Waals surface area contributed by atoms with Crippen molar-refractivity contribution >= 4 is 49.4 Å². The zero-order valence-electron chi connectivity index (χ0n) is 20.9. The molecular formula is C36H26N2. The van der Waals surface area contributed by atoms with E-state index >= 15 is 0 Å². The smallest absolute Gasteiger partial charge is 0.0617 e. The number of benzene rings is 7. The number of nitrogens with one attached hydrogen (secondary N) is 1. The van der Waals surface area contributed by atoms with Gasteiger partial charge in [0.2, 0.25) is 0 Å². The summed E-state index contributed by atoms with van der Waals surface area (Å²) in [5.74, 6) is 0. The fourth-order valence-corrected chi connectivity index (χ4v) is 5.66. The van der Waals surface area contributed by atoms with Crippen LogP contribution in [0.15, 0.2) is 140 Å². The first-order valence-corrected chi connectivity index (χ1v) is 12.9. The minimum atomic E-state index is 0.734. The van der Waals surface area contributed by atoms with Crippen LogP contribution in [0.25, 0.3) is 54.6 Å². The summed E-state index contributed by atoms with van der Waals surface area (Å²) >= 11 is 0. The molecule has 0 aliphatic carbocycles. The van der Waals surface area contributed by atoms with Gasteiger partial charge in [-0.25, -0.2) is 0 Å². The summed E-state index contributed by atoms with van der Waals surface area (Å²) in [6, 6.07) is 49.4. The molecule has 2 heteroatoms. The number of hydrogen-bond acceptors (Lipinski definition) is 2. The van der Waals surface area contributed by atoms with E-state index in [0.717, 1.165) is 17.1 Å². The molecular weight excluding hydrogens is 460 g/mol. The Hall–Kier alpha value is -5.08. The molecule has 0 heterocycles. The zero-order valence-corrected chi connectivity index (χ0v) is 20.9. The van der Waals surface area contributed by atoms with Crippen molar-refractivity contribution in [1.29, 1.82) is 0 Å². The predicted molar refractivity (Wildman–Crippen MR) is 164 cm³/mol. The van der Waals surface area contributed by atoms with Crippen LogP contribution >= 0.6 is 0 Å². The lowest BCUT2D eigenvalue weighted by molar-refractivity contribution is 1.54. The highest BCUT2D eigenvalue weighted by Gasteiger charge is 2.17. The fraction of sp³-hybridized carbons (Fsp3) is 0. The first-order chi connectivity index (χ1) is 18.8. The van der Waals surface area contributed by atoms with Crippen LogP contribution in [-0.4, -0.2) is 0 Å². The number of fused-ring (bicyclic) bond motifs is 3. The Bertz CT molecular complexity index is 1890. The van der Waals surface area contributed by atoms with E-state index in [9.17, 15) is 0 Å². The average Bonchev–Trinajstić information content (AvgIpc) is 2.97. The largest absolute Gasteiger partial charge is 0.397 e. The van der Waals surface area contributed by atoms with Crippen LogP contribution < -0.4 is 11.1 Å². The van der Waals surface area contributed by atoms with Gasteiger partial charge in [-0.3, -0.25) is 0 Å². The van der Waals surface area contributed by atoms with E-state index in [1.54, 1.807) is 0 Å². The fourth-order valence-electron chi connectivity index (χ4n) is 5.66. The van der Waals surface area contributed by atoms with Crippen LogP contribution in [-0.2, 0) is 0 Å². The lowest BCUT2D eigenvalue weighted by atomic mass is 9.85. The Morgan fingerprint density at radius 3 is 1.61 bits per heavy atom. The van der Waals surface area contributed by atoms with Gasteiger partial charge in [0.15, 0.2) is 0 Å². The molecule has 0 radical (unpaired) electrons. The molecule has 7 aromatic carbocycles. The van der Waals surface area contributed by atoms with Gasteiger partial charge >= 0.3 is 0 Å². The average molecular weight is 487 g/mol. The zero-order chi connectivity index (χ0) is 25.5. The Morgan fingerprint density at radius 1 is 0.421 bits per heavy atom. The van der Waals surface area contributed by atoms with Gasteiger partial charge < -0.3 is 11.1 Å². The monoisotopic (exact) mass is 486 g/mol. The molecule has 0 saturated heterocycles. The molecule has 0 fully saturated rings. The lowest BCUT2D eigenvalue weighted by Crippen LogP contribution is -1.96. The highest BCUT2D eigenvalue weighted by molar-refractivity contribution is 6.23. The van der Waals surface area contributed by atoms with E-state index in [1.807, 2.05) is 24.3 Å². The maximum Gasteiger partial charge on any atom is 0.0617 e. The third-order valence-corrected chi connectivity index (χ3v) is 7.40. The quantitative estimate of drug-likeness (QED) is 0.192. The molecule has 0 bridgehead atoms. The van der Waals surface area contributed by atoms with Crippen LogP contribution in [0.4, 0.5) is 17.1 Å². The second kappa shape index (κ2) is 9.10. The molecule has 7 aromatic rings. The van der Waals surface area contributed by atoms with Crippen molar-refractivity contribution in [1.82, 2.24) is 0 Å². The van der Waals surface area contributed by atoms with E-state index in [1.165, 1.54) is 54.6 Å². The van der Waals surface area contributed by atoms with Crippen molar-refractivity contribution in [2.45, 2.75) is 0 Å². The summed E-state index contributed by atoms with van der Waals surface area (Å²) < 4.78 is 0. The van der Waals surface area contributed by atoms with Crippen LogP contribution in [0.5, 0.6) is 0 Å². The highest BCUT2D eigenvalue weighted by atomic mass is 14.9. The lowest BCUT2D eigenvalue weighted by Gasteiger charge is -2.19. The van der Waals surface area contributed by atoms with Crippen molar-refractivity contribution in [2.24, 2.45) is 0 Å². The molecule has 2 nitrogen and oxygen atoms in total. The van der Waals surface area contributed by atoms with Crippen LogP contribution in [0.1, 0.15) is 0 Å². The first kappa shape index (κ1) is 22.1. The molecule has 0 unspecified atom stereocenters. The third kappa shape index (κ3) is 3.66. The summed E-state index contributed by atoms with van der Waals surface area (Å²) in [5, 5.41) is 11.0. The summed E-state index contributed by atoms with van der Waals surface area (Å²) in [6.07, 6.45) is 0. The number of nitrogen functional groups attached to an aromatic ring is 1. The molecule has 3 N–H and O–H groups in total. The van der Waals surface area contributed by atoms with E-state index in [0.29, 0.717) is 0 Å². The van der Waals surface area contributed by atoms with Crippen molar-refractivity contribution in [3.63, 3.8) is 0 Å². The van der Waals surface area contributed by atoms with Gasteiger partial charge in [0.25, 0.3) is 0 Å². The Kier molecular flexibility index (Phi) is 5.30. The summed E-state index contributed by atoms with van der Waals surface area (Å²) in [5.41, 5.74) is 13.8. The Balaban J connectivity index is 1.46. The van der Waals surface area contributed by atoms with Gasteiger partial charge in [-0.15, -0.1) is 0 Å². The normalized spacial score (nSPS) is 11.3. The molecule has 38 heavy (non-hydrogen) atoms. The molecule has 0 atom stereocenters. The summed E-state index contributed by atoms with van der Waals surface area (Å²) in [7, 11) is 0. The van der Waals surface area contributed by atoms with Crippen LogP contribution in [0, 0.1) is 0 Å². The summed E-state index contributed by atoms with van der Waals surface area (Å²) in [4.78, 5) is 0. The number of para-hydroxylation sites is 2. The van der Waals surface area contributed by atoms with E-state index in [4.69, 9.17) is 5.73 Å². The second-order valence-electron chi connectivity index (χ2n) is 9.66. The van der Waals surface area contributed by atoms with Crippen molar-refractivity contribution in [3.8, 4) is 22.3 Å². The molecule has 0 spiro atoms. The van der Waals surface area contributed by atoms with Crippen LogP contribution in [0.3, 0.4) is 0 Å². The van der Waals surface area contributed by atoms with Gasteiger partial charge in [-0.05, 0) is 78.8 Å². The minimum absolute atomic E-state index is 0.734. The van der Waals surface area contributed by atoms with Crippen LogP contribution in [0.2, 0.25) is 0 Å². The molecule has 0 aliphatic heterocycles. The van der Waals surface area contributed by atoms with Gasteiger partial charge in [0.05, 0.1) is 11.4 Å². The number of hydrogen-bond donors (Lipinski definition) is 2. The molecule has 0 saturated carbocycles. The molecule has 180 valence electrons. The Labute approximate surface area is 222 Å². The summed E-state index contributed by atoms with van der Waals surface area (Å²) in [6.45, 7) is 0. The molecule has 0 amide bonds.